The Balaban J connectivity index is 1.10. The monoisotopic (exact) mass is 664 g/mol. The molecule has 0 aliphatic heterocycles. The van der Waals surface area contributed by atoms with Gasteiger partial charge in [0.2, 0.25) is 0 Å². The van der Waals surface area contributed by atoms with Gasteiger partial charge in [0.25, 0.3) is 0 Å². The van der Waals surface area contributed by atoms with Gasteiger partial charge in [-0.25, -0.2) is 0 Å². The van der Waals surface area contributed by atoms with E-state index in [-0.39, 0.29) is 0 Å². The third-order valence-electron chi connectivity index (χ3n) is 10.7. The number of hydrogen-bond acceptors (Lipinski definition) is 0. The molecule has 8 aromatic carbocycles. The predicted molar refractivity (Wildman–Crippen MR) is 221 cm³/mol. The first-order valence-electron chi connectivity index (χ1n) is 18.0. The van der Waals surface area contributed by atoms with Gasteiger partial charge in [0, 0.05) is 32.9 Å². The molecule has 0 unspecified atom stereocenters. The average molecular weight is 665 g/mol. The molecule has 52 heavy (non-hydrogen) atoms. The zero-order valence-corrected chi connectivity index (χ0v) is 29.2. The minimum Gasteiger partial charge on any atom is -0.309 e. The van der Waals surface area contributed by atoms with Crippen LogP contribution >= 0.6 is 0 Å². The van der Waals surface area contributed by atoms with E-state index in [2.05, 4.69) is 205 Å². The number of benzene rings is 8. The van der Waals surface area contributed by atoms with Gasteiger partial charge in [-0.1, -0.05) is 132 Å². The molecular weight excluding hydrogens is 629 g/mol. The highest BCUT2D eigenvalue weighted by atomic mass is 15.0. The largest absolute Gasteiger partial charge is 0.309 e. The molecule has 0 radical (unpaired) electrons. The van der Waals surface area contributed by atoms with Gasteiger partial charge in [-0.15, -0.1) is 0 Å². The molecule has 0 aliphatic rings. The van der Waals surface area contributed by atoms with Crippen LogP contribution in [0, 0.1) is 13.8 Å². The molecule has 0 aliphatic carbocycles. The van der Waals surface area contributed by atoms with E-state index in [9.17, 15) is 0 Å². The second kappa shape index (κ2) is 12.0. The lowest BCUT2D eigenvalue weighted by Gasteiger charge is -2.11. The molecule has 10 aromatic rings. The molecule has 0 saturated carbocycles. The second-order valence-electron chi connectivity index (χ2n) is 14.0. The molecule has 0 saturated heterocycles. The first-order valence-corrected chi connectivity index (χ1v) is 18.0. The standard InChI is InChI=1S/C50H36N2/c1-33-17-21-35(22-18-33)37-9-7-11-41(29-37)51-47-15-5-3-13-43(47)45-31-39(25-27-49(45)51)40-26-28-50-46(32-40)44-14-4-6-16-48(44)52(50)42-12-8-10-38(30-42)36-23-19-34(2)20-24-36/h3-32H,1-2H3. The normalized spacial score (nSPS) is 11.7. The van der Waals surface area contributed by atoms with Gasteiger partial charge >= 0.3 is 0 Å². The number of fused-ring (bicyclic) bond motifs is 6. The molecule has 2 aromatic heterocycles. The van der Waals surface area contributed by atoms with Crippen LogP contribution in [0.3, 0.4) is 0 Å². The van der Waals surface area contributed by atoms with Gasteiger partial charge in [0.1, 0.15) is 0 Å². The first kappa shape index (κ1) is 30.2. The Labute approximate surface area is 303 Å². The van der Waals surface area contributed by atoms with Crippen LogP contribution < -0.4 is 0 Å². The topological polar surface area (TPSA) is 9.86 Å². The van der Waals surface area contributed by atoms with Gasteiger partial charge in [-0.05, 0) is 108 Å². The fraction of sp³-hybridized carbons (Fsp3) is 0.0400. The van der Waals surface area contributed by atoms with E-state index < -0.39 is 0 Å². The Bertz CT molecular complexity index is 2750. The van der Waals surface area contributed by atoms with Crippen molar-refractivity contribution in [3.63, 3.8) is 0 Å². The first-order chi connectivity index (χ1) is 25.6. The fourth-order valence-electron chi connectivity index (χ4n) is 8.00. The van der Waals surface area contributed by atoms with Crippen LogP contribution in [0.15, 0.2) is 182 Å². The summed E-state index contributed by atoms with van der Waals surface area (Å²) in [5.41, 5.74) is 17.0. The van der Waals surface area contributed by atoms with Crippen molar-refractivity contribution in [1.82, 2.24) is 9.13 Å². The number of rotatable bonds is 5. The minimum absolute atomic E-state index is 1.16. The maximum Gasteiger partial charge on any atom is 0.0541 e. The SMILES string of the molecule is Cc1ccc(-c2cccc(-n3c4ccccc4c4cc(-c5ccc6c(c5)c5ccccc5n6-c5cccc(-c6ccc(C)cc6)c5)ccc43)c2)cc1. The number of nitrogens with zero attached hydrogens (tertiary/aromatic N) is 2. The van der Waals surface area contributed by atoms with E-state index in [0.717, 1.165) is 11.4 Å². The number of aryl methyl sites for hydroxylation is 2. The van der Waals surface area contributed by atoms with E-state index in [1.54, 1.807) is 0 Å². The Morgan fingerprint density at radius 1 is 0.269 bits per heavy atom. The van der Waals surface area contributed by atoms with Gasteiger partial charge in [0.15, 0.2) is 0 Å². The Morgan fingerprint density at radius 2 is 0.635 bits per heavy atom. The molecule has 2 nitrogen and oxygen atoms in total. The molecule has 2 heteroatoms. The lowest BCUT2D eigenvalue weighted by atomic mass is 10.0. The van der Waals surface area contributed by atoms with Crippen molar-refractivity contribution in [2.24, 2.45) is 0 Å². The molecule has 0 spiro atoms. The predicted octanol–water partition coefficient (Wildman–Crippen LogP) is 13.5. The van der Waals surface area contributed by atoms with Crippen molar-refractivity contribution in [3.05, 3.63) is 193 Å². The summed E-state index contributed by atoms with van der Waals surface area (Å²) in [4.78, 5) is 0. The maximum atomic E-state index is 2.41. The van der Waals surface area contributed by atoms with Crippen molar-refractivity contribution in [2.75, 3.05) is 0 Å². The van der Waals surface area contributed by atoms with Crippen LogP contribution in [0.2, 0.25) is 0 Å². The summed E-state index contributed by atoms with van der Waals surface area (Å²) in [6.07, 6.45) is 0. The zero-order valence-electron chi connectivity index (χ0n) is 29.2. The van der Waals surface area contributed by atoms with Gasteiger partial charge in [-0.3, -0.25) is 0 Å². The minimum atomic E-state index is 1.16. The molecule has 2 heterocycles. The van der Waals surface area contributed by atoms with Crippen molar-refractivity contribution in [2.45, 2.75) is 13.8 Å². The summed E-state index contributed by atoms with van der Waals surface area (Å²) >= 11 is 0. The van der Waals surface area contributed by atoms with Crippen LogP contribution in [-0.4, -0.2) is 9.13 Å². The lowest BCUT2D eigenvalue weighted by Crippen LogP contribution is -1.94. The highest BCUT2D eigenvalue weighted by Crippen LogP contribution is 2.39. The van der Waals surface area contributed by atoms with E-state index in [1.807, 2.05) is 0 Å². The number of para-hydroxylation sites is 2. The van der Waals surface area contributed by atoms with Crippen molar-refractivity contribution in [3.8, 4) is 44.8 Å². The van der Waals surface area contributed by atoms with E-state index >= 15 is 0 Å². The summed E-state index contributed by atoms with van der Waals surface area (Å²) in [6.45, 7) is 4.27. The highest BCUT2D eigenvalue weighted by molar-refractivity contribution is 6.12. The smallest absolute Gasteiger partial charge is 0.0541 e. The Kier molecular flexibility index (Phi) is 6.97. The van der Waals surface area contributed by atoms with Crippen LogP contribution in [-0.2, 0) is 0 Å². The summed E-state index contributed by atoms with van der Waals surface area (Å²) < 4.78 is 4.82. The highest BCUT2D eigenvalue weighted by Gasteiger charge is 2.17. The molecule has 0 atom stereocenters. The molecule has 0 bridgehead atoms. The molecule has 0 N–H and O–H groups in total. The van der Waals surface area contributed by atoms with Crippen LogP contribution in [0.1, 0.15) is 11.1 Å². The maximum absolute atomic E-state index is 2.41. The number of hydrogen-bond donors (Lipinski definition) is 0. The summed E-state index contributed by atoms with van der Waals surface area (Å²) in [7, 11) is 0. The summed E-state index contributed by atoms with van der Waals surface area (Å²) in [6, 6.07) is 66.9. The summed E-state index contributed by atoms with van der Waals surface area (Å²) in [5.74, 6) is 0. The fourth-order valence-corrected chi connectivity index (χ4v) is 8.00. The molecule has 10 rings (SSSR count). The van der Waals surface area contributed by atoms with Crippen LogP contribution in [0.25, 0.3) is 88.4 Å². The van der Waals surface area contributed by atoms with E-state index in [1.165, 1.54) is 88.1 Å². The second-order valence-corrected chi connectivity index (χ2v) is 14.0. The molecule has 0 fully saturated rings. The average Bonchev–Trinajstić information content (AvgIpc) is 3.71. The van der Waals surface area contributed by atoms with Crippen molar-refractivity contribution < 1.29 is 0 Å². The third-order valence-corrected chi connectivity index (χ3v) is 10.7. The molecular formula is C50H36N2. The summed E-state index contributed by atoms with van der Waals surface area (Å²) in [5, 5.41) is 5.02. The van der Waals surface area contributed by atoms with Gasteiger partial charge in [0.05, 0.1) is 22.1 Å². The van der Waals surface area contributed by atoms with Crippen molar-refractivity contribution in [1.29, 1.82) is 0 Å². The third kappa shape index (κ3) is 4.95. The quantitative estimate of drug-likeness (QED) is 0.173. The lowest BCUT2D eigenvalue weighted by molar-refractivity contribution is 1.18. The van der Waals surface area contributed by atoms with Gasteiger partial charge in [-0.2, -0.15) is 0 Å². The van der Waals surface area contributed by atoms with Gasteiger partial charge < -0.3 is 9.13 Å². The van der Waals surface area contributed by atoms with Crippen LogP contribution in [0.4, 0.5) is 0 Å². The van der Waals surface area contributed by atoms with E-state index in [0.29, 0.717) is 0 Å². The zero-order chi connectivity index (χ0) is 34.8. The Hall–Kier alpha value is -6.64. The van der Waals surface area contributed by atoms with Crippen molar-refractivity contribution >= 4 is 43.6 Å². The number of aromatic nitrogens is 2. The molecule has 246 valence electrons. The van der Waals surface area contributed by atoms with E-state index in [4.69, 9.17) is 0 Å². The Morgan fingerprint density at radius 3 is 1.08 bits per heavy atom. The molecule has 0 amide bonds. The van der Waals surface area contributed by atoms with Crippen LogP contribution in [0.5, 0.6) is 0 Å².